The largest absolute Gasteiger partial charge is 0.493 e. The second kappa shape index (κ2) is 7.25. The number of aryl methyl sites for hydroxylation is 2. The van der Waals surface area contributed by atoms with Gasteiger partial charge < -0.3 is 19.1 Å². The van der Waals surface area contributed by atoms with Gasteiger partial charge in [0.2, 0.25) is 5.75 Å². The topological polar surface area (TPSA) is 65.8 Å². The van der Waals surface area contributed by atoms with Crippen molar-refractivity contribution in [1.82, 2.24) is 14.7 Å². The van der Waals surface area contributed by atoms with Crippen molar-refractivity contribution in [2.24, 2.45) is 7.05 Å². The molecule has 0 aliphatic rings. The van der Waals surface area contributed by atoms with Gasteiger partial charge in [0.25, 0.3) is 5.91 Å². The first-order valence-corrected chi connectivity index (χ1v) is 7.45. The Kier molecular flexibility index (Phi) is 5.33. The fourth-order valence-electron chi connectivity index (χ4n) is 2.59. The molecular weight excluding hydrogens is 310 g/mol. The van der Waals surface area contributed by atoms with Crippen molar-refractivity contribution in [1.29, 1.82) is 0 Å². The molecule has 7 nitrogen and oxygen atoms in total. The number of benzene rings is 1. The van der Waals surface area contributed by atoms with Crippen LogP contribution in [0.4, 0.5) is 0 Å². The van der Waals surface area contributed by atoms with Crippen LogP contribution in [0.25, 0.3) is 0 Å². The second-order valence-corrected chi connectivity index (χ2v) is 5.50. The molecule has 1 aromatic carbocycles. The minimum absolute atomic E-state index is 0.0886. The Labute approximate surface area is 141 Å². The van der Waals surface area contributed by atoms with E-state index in [9.17, 15) is 4.79 Å². The highest BCUT2D eigenvalue weighted by atomic mass is 16.5. The highest BCUT2D eigenvalue weighted by Gasteiger charge is 2.19. The van der Waals surface area contributed by atoms with Crippen LogP contribution in [-0.4, -0.2) is 49.0 Å². The smallest absolute Gasteiger partial charge is 0.257 e. The van der Waals surface area contributed by atoms with E-state index in [1.165, 1.54) is 0 Å². The number of hydrogen-bond donors (Lipinski definition) is 0. The zero-order chi connectivity index (χ0) is 17.9. The van der Waals surface area contributed by atoms with Crippen LogP contribution in [0.2, 0.25) is 0 Å². The van der Waals surface area contributed by atoms with Crippen LogP contribution >= 0.6 is 0 Å². The summed E-state index contributed by atoms with van der Waals surface area (Å²) < 4.78 is 17.6. The van der Waals surface area contributed by atoms with Crippen molar-refractivity contribution in [3.05, 3.63) is 35.2 Å². The number of carbonyl (C=O) groups excluding carboxylic acids is 1. The monoisotopic (exact) mass is 333 g/mol. The molecule has 1 aromatic heterocycles. The first-order valence-electron chi connectivity index (χ1n) is 7.45. The molecule has 2 rings (SSSR count). The summed E-state index contributed by atoms with van der Waals surface area (Å²) in [4.78, 5) is 14.2. The maximum atomic E-state index is 12.6. The number of rotatable bonds is 6. The van der Waals surface area contributed by atoms with Crippen molar-refractivity contribution in [3.8, 4) is 17.2 Å². The molecule has 0 unspecified atom stereocenters. The number of ether oxygens (including phenoxy) is 3. The lowest BCUT2D eigenvalue weighted by atomic mass is 10.1. The van der Waals surface area contributed by atoms with Gasteiger partial charge in [-0.1, -0.05) is 0 Å². The number of nitrogens with zero attached hydrogens (tertiary/aromatic N) is 3. The molecule has 2 aromatic rings. The molecule has 0 radical (unpaired) electrons. The zero-order valence-electron chi connectivity index (χ0n) is 14.9. The lowest BCUT2D eigenvalue weighted by Gasteiger charge is -2.19. The fraction of sp³-hybridized carbons (Fsp3) is 0.412. The average Bonchev–Trinajstić information content (AvgIpc) is 2.91. The number of amides is 1. The molecule has 0 aliphatic carbocycles. The minimum Gasteiger partial charge on any atom is -0.493 e. The van der Waals surface area contributed by atoms with Gasteiger partial charge in [-0.2, -0.15) is 5.10 Å². The molecule has 0 saturated heterocycles. The molecule has 0 N–H and O–H groups in total. The van der Waals surface area contributed by atoms with Crippen LogP contribution in [0.3, 0.4) is 0 Å². The van der Waals surface area contributed by atoms with Crippen LogP contribution < -0.4 is 14.2 Å². The van der Waals surface area contributed by atoms with Crippen molar-refractivity contribution in [3.63, 3.8) is 0 Å². The van der Waals surface area contributed by atoms with E-state index >= 15 is 0 Å². The molecule has 1 heterocycles. The maximum absolute atomic E-state index is 12.6. The molecule has 0 aliphatic heterocycles. The van der Waals surface area contributed by atoms with Crippen LogP contribution in [-0.2, 0) is 13.6 Å². The van der Waals surface area contributed by atoms with Gasteiger partial charge in [-0.25, -0.2) is 0 Å². The molecule has 1 amide bonds. The van der Waals surface area contributed by atoms with Gasteiger partial charge in [0, 0.05) is 26.8 Å². The third kappa shape index (κ3) is 3.45. The Morgan fingerprint density at radius 3 is 2.17 bits per heavy atom. The third-order valence-corrected chi connectivity index (χ3v) is 3.73. The standard InChI is InChI=1S/C17H23N3O4/c1-11-13(10-20(3)18-11)17(21)19(2)9-12-7-14(22-4)16(24-6)15(8-12)23-5/h7-8,10H,9H2,1-6H3. The Hall–Kier alpha value is -2.70. The molecule has 24 heavy (non-hydrogen) atoms. The van der Waals surface area contributed by atoms with Crippen LogP contribution in [0.5, 0.6) is 17.2 Å². The van der Waals surface area contributed by atoms with E-state index in [2.05, 4.69) is 5.10 Å². The van der Waals surface area contributed by atoms with Gasteiger partial charge in [0.05, 0.1) is 32.6 Å². The second-order valence-electron chi connectivity index (χ2n) is 5.50. The Balaban J connectivity index is 2.26. The summed E-state index contributed by atoms with van der Waals surface area (Å²) in [5.41, 5.74) is 2.17. The van der Waals surface area contributed by atoms with E-state index in [-0.39, 0.29) is 5.91 Å². The maximum Gasteiger partial charge on any atom is 0.257 e. The van der Waals surface area contributed by atoms with E-state index in [4.69, 9.17) is 14.2 Å². The fourth-order valence-corrected chi connectivity index (χ4v) is 2.59. The molecule has 0 fully saturated rings. The van der Waals surface area contributed by atoms with E-state index in [1.54, 1.807) is 51.2 Å². The zero-order valence-corrected chi connectivity index (χ0v) is 14.9. The third-order valence-electron chi connectivity index (χ3n) is 3.73. The summed E-state index contributed by atoms with van der Waals surface area (Å²) in [6, 6.07) is 3.67. The first-order chi connectivity index (χ1) is 11.4. The van der Waals surface area contributed by atoms with Gasteiger partial charge in [-0.05, 0) is 24.6 Å². The molecule has 130 valence electrons. The van der Waals surface area contributed by atoms with Crippen molar-refractivity contribution in [2.75, 3.05) is 28.4 Å². The average molecular weight is 333 g/mol. The van der Waals surface area contributed by atoms with Gasteiger partial charge >= 0.3 is 0 Å². The van der Waals surface area contributed by atoms with Crippen molar-refractivity contribution < 1.29 is 19.0 Å². The highest BCUT2D eigenvalue weighted by Crippen LogP contribution is 2.38. The molecular formula is C17H23N3O4. The Bertz CT molecular complexity index is 714. The van der Waals surface area contributed by atoms with E-state index < -0.39 is 0 Å². The summed E-state index contributed by atoms with van der Waals surface area (Å²) in [7, 11) is 8.23. The minimum atomic E-state index is -0.0886. The number of methoxy groups -OCH3 is 3. The molecule has 0 spiro atoms. The summed E-state index contributed by atoms with van der Waals surface area (Å²) in [5.74, 6) is 1.56. The Morgan fingerprint density at radius 2 is 1.75 bits per heavy atom. The quantitative estimate of drug-likeness (QED) is 0.809. The van der Waals surface area contributed by atoms with Gasteiger partial charge in [-0.15, -0.1) is 0 Å². The lowest BCUT2D eigenvalue weighted by molar-refractivity contribution is 0.0784. The molecule has 7 heteroatoms. The normalized spacial score (nSPS) is 10.4. The molecule has 0 bridgehead atoms. The highest BCUT2D eigenvalue weighted by molar-refractivity contribution is 5.94. The SMILES string of the molecule is COc1cc(CN(C)C(=O)c2cn(C)nc2C)cc(OC)c1OC. The van der Waals surface area contributed by atoms with E-state index in [0.717, 1.165) is 5.56 Å². The van der Waals surface area contributed by atoms with Crippen LogP contribution in [0.1, 0.15) is 21.6 Å². The predicted octanol–water partition coefficient (Wildman–Crippen LogP) is 2.03. The summed E-state index contributed by atoms with van der Waals surface area (Å²) in [6.07, 6.45) is 1.73. The summed E-state index contributed by atoms with van der Waals surface area (Å²) in [5, 5.41) is 4.21. The predicted molar refractivity (Wildman–Crippen MR) is 89.8 cm³/mol. The first kappa shape index (κ1) is 17.7. The van der Waals surface area contributed by atoms with Crippen molar-refractivity contribution in [2.45, 2.75) is 13.5 Å². The van der Waals surface area contributed by atoms with E-state index in [1.807, 2.05) is 19.1 Å². The van der Waals surface area contributed by atoms with E-state index in [0.29, 0.717) is 35.1 Å². The van der Waals surface area contributed by atoms with Crippen molar-refractivity contribution >= 4 is 5.91 Å². The number of aromatic nitrogens is 2. The van der Waals surface area contributed by atoms with Gasteiger partial charge in [0.15, 0.2) is 11.5 Å². The summed E-state index contributed by atoms with van der Waals surface area (Å²) >= 11 is 0. The van der Waals surface area contributed by atoms with Gasteiger partial charge in [-0.3, -0.25) is 9.48 Å². The number of hydrogen-bond acceptors (Lipinski definition) is 5. The van der Waals surface area contributed by atoms with Crippen LogP contribution in [0, 0.1) is 6.92 Å². The summed E-state index contributed by atoms with van der Waals surface area (Å²) in [6.45, 7) is 2.23. The Morgan fingerprint density at radius 1 is 1.17 bits per heavy atom. The van der Waals surface area contributed by atoms with Crippen LogP contribution in [0.15, 0.2) is 18.3 Å². The molecule has 0 atom stereocenters. The number of carbonyl (C=O) groups is 1. The molecule has 0 saturated carbocycles. The lowest BCUT2D eigenvalue weighted by Crippen LogP contribution is -2.26. The van der Waals surface area contributed by atoms with Gasteiger partial charge in [0.1, 0.15) is 0 Å².